The van der Waals surface area contributed by atoms with Crippen LogP contribution in [0.25, 0.3) is 22.0 Å². The zero-order valence-electron chi connectivity index (χ0n) is 25.9. The van der Waals surface area contributed by atoms with Crippen LogP contribution in [0.3, 0.4) is 0 Å². The molecule has 45 heavy (non-hydrogen) atoms. The highest BCUT2D eigenvalue weighted by molar-refractivity contribution is 7.91. The van der Waals surface area contributed by atoms with Gasteiger partial charge in [0.1, 0.15) is 17.5 Å². The molecule has 2 aromatic carbocycles. The minimum absolute atomic E-state index is 0.0398. The first kappa shape index (κ1) is 31.3. The molecule has 240 valence electrons. The van der Waals surface area contributed by atoms with E-state index in [1.54, 1.807) is 17.9 Å². The van der Waals surface area contributed by atoms with E-state index < -0.39 is 33.2 Å². The maximum absolute atomic E-state index is 15.3. The van der Waals surface area contributed by atoms with Gasteiger partial charge in [-0.15, -0.1) is 0 Å². The molecule has 3 aliphatic rings. The van der Waals surface area contributed by atoms with E-state index in [4.69, 9.17) is 0 Å². The van der Waals surface area contributed by atoms with E-state index in [1.807, 2.05) is 11.8 Å². The molecule has 2 fully saturated rings. The molecule has 0 unspecified atom stereocenters. The maximum atomic E-state index is 15.3. The number of aryl methyl sites for hydroxylation is 1. The maximum Gasteiger partial charge on any atom is 0.350 e. The zero-order valence-corrected chi connectivity index (χ0v) is 26.7. The quantitative estimate of drug-likeness (QED) is 0.371. The Kier molecular flexibility index (Phi) is 8.32. The van der Waals surface area contributed by atoms with Crippen molar-refractivity contribution in [3.8, 4) is 11.1 Å². The van der Waals surface area contributed by atoms with Gasteiger partial charge >= 0.3 is 5.69 Å². The molecule has 12 heteroatoms. The van der Waals surface area contributed by atoms with Crippen molar-refractivity contribution in [1.82, 2.24) is 19.4 Å². The molecule has 2 atom stereocenters. The van der Waals surface area contributed by atoms with Crippen molar-refractivity contribution in [2.45, 2.75) is 57.0 Å². The van der Waals surface area contributed by atoms with Crippen molar-refractivity contribution in [3.63, 3.8) is 0 Å². The SMILES string of the molecule is C=CC(=O)N1CCN(c2nc(=O)n3c4c(c(-c5ccc(F)cc5F)c(C)cc24)S(=O)(=O)C[C@@H]3CC2CCN(CC)CC2)[C@@H](C)C1. The number of carbonyl (C=O) groups excluding carboxylic acids is 1. The Balaban J connectivity index is 1.57. The van der Waals surface area contributed by atoms with Crippen molar-refractivity contribution in [1.29, 1.82) is 0 Å². The molecule has 4 heterocycles. The zero-order chi connectivity index (χ0) is 32.2. The van der Waals surface area contributed by atoms with Gasteiger partial charge in [-0.25, -0.2) is 22.0 Å². The highest BCUT2D eigenvalue weighted by Gasteiger charge is 2.40. The molecule has 0 bridgehead atoms. The fraction of sp³-hybridized carbons (Fsp3) is 0.485. The van der Waals surface area contributed by atoms with E-state index >= 15 is 4.39 Å². The Hall–Kier alpha value is -3.64. The average molecular weight is 640 g/mol. The van der Waals surface area contributed by atoms with Crippen LogP contribution in [0.15, 0.2) is 46.6 Å². The second-order valence-corrected chi connectivity index (χ2v) is 14.6. The predicted octanol–water partition coefficient (Wildman–Crippen LogP) is 4.32. The Labute approximate surface area is 262 Å². The lowest BCUT2D eigenvalue weighted by Crippen LogP contribution is -2.54. The molecule has 0 radical (unpaired) electrons. The number of hydrogen-bond donors (Lipinski definition) is 0. The highest BCUT2D eigenvalue weighted by Crippen LogP contribution is 2.45. The van der Waals surface area contributed by atoms with Crippen molar-refractivity contribution in [3.05, 3.63) is 64.6 Å². The van der Waals surface area contributed by atoms with Crippen molar-refractivity contribution in [2.24, 2.45) is 5.92 Å². The molecular formula is C33H39F2N5O4S. The Morgan fingerprint density at radius 3 is 2.51 bits per heavy atom. The van der Waals surface area contributed by atoms with Crippen molar-refractivity contribution in [2.75, 3.05) is 49.9 Å². The summed E-state index contributed by atoms with van der Waals surface area (Å²) in [6.07, 6.45) is 3.60. The Bertz CT molecular complexity index is 1850. The molecule has 0 aliphatic carbocycles. The lowest BCUT2D eigenvalue weighted by Gasteiger charge is -2.41. The summed E-state index contributed by atoms with van der Waals surface area (Å²) < 4.78 is 59.5. The van der Waals surface area contributed by atoms with E-state index in [0.717, 1.165) is 44.6 Å². The van der Waals surface area contributed by atoms with Gasteiger partial charge in [-0.3, -0.25) is 9.36 Å². The predicted molar refractivity (Wildman–Crippen MR) is 170 cm³/mol. The number of nitrogens with zero attached hydrogens (tertiary/aromatic N) is 5. The van der Waals surface area contributed by atoms with Gasteiger partial charge in [-0.1, -0.05) is 13.5 Å². The largest absolute Gasteiger partial charge is 0.350 e. The molecule has 0 spiro atoms. The van der Waals surface area contributed by atoms with Crippen LogP contribution >= 0.6 is 0 Å². The van der Waals surface area contributed by atoms with Gasteiger partial charge in [0, 0.05) is 48.3 Å². The van der Waals surface area contributed by atoms with Gasteiger partial charge in [0.05, 0.1) is 22.2 Å². The summed E-state index contributed by atoms with van der Waals surface area (Å²) >= 11 is 0. The van der Waals surface area contributed by atoms with Gasteiger partial charge in [0.2, 0.25) is 5.91 Å². The summed E-state index contributed by atoms with van der Waals surface area (Å²) in [5, 5.41) is 0.484. The number of carbonyl (C=O) groups is 1. The molecule has 3 aliphatic heterocycles. The second-order valence-electron chi connectivity index (χ2n) is 12.6. The monoisotopic (exact) mass is 639 g/mol. The highest BCUT2D eigenvalue weighted by atomic mass is 32.2. The van der Waals surface area contributed by atoms with Gasteiger partial charge in [-0.05, 0) is 88.5 Å². The number of likely N-dealkylation sites (tertiary alicyclic amines) is 1. The fourth-order valence-corrected chi connectivity index (χ4v) is 9.53. The van der Waals surface area contributed by atoms with Crippen LogP contribution in [0.2, 0.25) is 0 Å². The molecule has 0 N–H and O–H groups in total. The normalized spacial score (nSPS) is 22.2. The first-order valence-corrected chi connectivity index (χ1v) is 17.3. The standard InChI is InChI=1S/C33H39F2N5O4S/c1-5-28(41)38-13-14-39(21(4)18-38)32-26-15-20(3)29(25-8-7-23(34)17-27(25)35)31-30(26)40(33(42)36-32)24(19-45(31,43)44)16-22-9-11-37(6-2)12-10-22/h5,7-8,15,17,21-22,24H,1,6,9-14,16,18-19H2,2-4H3/t21-,24-/m0/s1. The Morgan fingerprint density at radius 2 is 1.87 bits per heavy atom. The third-order valence-electron chi connectivity index (χ3n) is 9.78. The van der Waals surface area contributed by atoms with E-state index in [1.165, 1.54) is 16.7 Å². The van der Waals surface area contributed by atoms with Crippen LogP contribution < -0.4 is 10.6 Å². The molecule has 6 rings (SSSR count). The van der Waals surface area contributed by atoms with Gasteiger partial charge in [0.25, 0.3) is 0 Å². The fourth-order valence-electron chi connectivity index (χ4n) is 7.48. The van der Waals surface area contributed by atoms with Crippen molar-refractivity contribution < 1.29 is 22.0 Å². The van der Waals surface area contributed by atoms with E-state index in [0.29, 0.717) is 42.8 Å². The molecule has 2 saturated heterocycles. The van der Waals surface area contributed by atoms with Gasteiger partial charge in [0.15, 0.2) is 9.84 Å². The number of piperidine rings is 1. The number of anilines is 1. The van der Waals surface area contributed by atoms with Gasteiger partial charge < -0.3 is 14.7 Å². The lowest BCUT2D eigenvalue weighted by atomic mass is 9.90. The number of hydrogen-bond acceptors (Lipinski definition) is 7. The number of sulfone groups is 1. The molecule has 0 saturated carbocycles. The third-order valence-corrected chi connectivity index (χ3v) is 11.6. The van der Waals surface area contributed by atoms with Crippen LogP contribution in [-0.4, -0.2) is 84.7 Å². The first-order valence-electron chi connectivity index (χ1n) is 15.6. The molecule has 1 aromatic heterocycles. The topological polar surface area (TPSA) is 95.8 Å². The van der Waals surface area contributed by atoms with E-state index in [2.05, 4.69) is 23.4 Å². The second kappa shape index (κ2) is 11.9. The summed E-state index contributed by atoms with van der Waals surface area (Å²) in [4.78, 5) is 36.8. The van der Waals surface area contributed by atoms with Crippen LogP contribution in [0, 0.1) is 24.5 Å². The van der Waals surface area contributed by atoms with Crippen molar-refractivity contribution >= 4 is 32.5 Å². The summed E-state index contributed by atoms with van der Waals surface area (Å²) in [6, 6.07) is 3.99. The molecular weight excluding hydrogens is 600 g/mol. The number of halogens is 2. The Morgan fingerprint density at radius 1 is 1.13 bits per heavy atom. The van der Waals surface area contributed by atoms with Crippen LogP contribution in [0.4, 0.5) is 14.6 Å². The van der Waals surface area contributed by atoms with Gasteiger partial charge in [-0.2, -0.15) is 4.98 Å². The number of benzene rings is 2. The average Bonchev–Trinajstić information content (AvgIpc) is 3.00. The summed E-state index contributed by atoms with van der Waals surface area (Å²) in [5.41, 5.74) is 0.221. The molecule has 9 nitrogen and oxygen atoms in total. The minimum Gasteiger partial charge on any atom is -0.350 e. The van der Waals surface area contributed by atoms with E-state index in [9.17, 15) is 22.4 Å². The number of aromatic nitrogens is 2. The summed E-state index contributed by atoms with van der Waals surface area (Å²) in [6.45, 7) is 13.2. The van der Waals surface area contributed by atoms with Crippen LogP contribution in [-0.2, 0) is 14.6 Å². The number of rotatable bonds is 6. The molecule has 3 aromatic rings. The third kappa shape index (κ3) is 5.56. The summed E-state index contributed by atoms with van der Waals surface area (Å²) in [5.74, 6) is -1.56. The first-order chi connectivity index (χ1) is 21.4. The smallest absolute Gasteiger partial charge is 0.350 e. The number of piperazine rings is 1. The van der Waals surface area contributed by atoms with Crippen LogP contribution in [0.1, 0.15) is 44.7 Å². The number of amides is 1. The summed E-state index contributed by atoms with van der Waals surface area (Å²) in [7, 11) is -4.03. The molecule has 1 amide bonds. The lowest BCUT2D eigenvalue weighted by molar-refractivity contribution is -0.126. The minimum atomic E-state index is -4.03. The van der Waals surface area contributed by atoms with E-state index in [-0.39, 0.29) is 45.2 Å². The van der Waals surface area contributed by atoms with Crippen LogP contribution in [0.5, 0.6) is 0 Å².